The van der Waals surface area contributed by atoms with Gasteiger partial charge in [0.2, 0.25) is 0 Å². The Morgan fingerprint density at radius 2 is 1.89 bits per heavy atom. The summed E-state index contributed by atoms with van der Waals surface area (Å²) < 4.78 is 27.9. The van der Waals surface area contributed by atoms with E-state index < -0.39 is 17.5 Å². The van der Waals surface area contributed by atoms with Gasteiger partial charge in [-0.3, -0.25) is 9.36 Å². The molecule has 0 spiro atoms. The molecule has 1 aromatic heterocycles. The first-order valence-electron chi connectivity index (χ1n) is 5.58. The van der Waals surface area contributed by atoms with Crippen LogP contribution in [0.1, 0.15) is 10.4 Å². The number of imidazole rings is 1. The van der Waals surface area contributed by atoms with Gasteiger partial charge in [0.1, 0.15) is 18.0 Å². The second-order valence-electron chi connectivity index (χ2n) is 4.03. The Morgan fingerprint density at radius 3 is 2.74 bits per heavy atom. The van der Waals surface area contributed by atoms with Crippen LogP contribution in [0, 0.1) is 11.6 Å². The van der Waals surface area contributed by atoms with Crippen molar-refractivity contribution in [3.63, 3.8) is 0 Å². The molecular formula is C14H8F2N2O. The number of hydrogen-bond donors (Lipinski definition) is 0. The van der Waals surface area contributed by atoms with Gasteiger partial charge in [-0.2, -0.15) is 0 Å². The summed E-state index contributed by atoms with van der Waals surface area (Å²) in [6, 6.07) is 9.74. The van der Waals surface area contributed by atoms with Crippen molar-refractivity contribution in [1.82, 2.24) is 9.55 Å². The van der Waals surface area contributed by atoms with E-state index in [0.717, 1.165) is 18.2 Å². The molecule has 0 saturated heterocycles. The van der Waals surface area contributed by atoms with Gasteiger partial charge < -0.3 is 0 Å². The SMILES string of the molecule is O=C(c1cc(F)ccc1F)n1cnc2ccccc21. The van der Waals surface area contributed by atoms with E-state index in [2.05, 4.69) is 4.98 Å². The summed E-state index contributed by atoms with van der Waals surface area (Å²) >= 11 is 0. The first kappa shape index (κ1) is 11.5. The van der Waals surface area contributed by atoms with Crippen molar-refractivity contribution >= 4 is 16.9 Å². The highest BCUT2D eigenvalue weighted by atomic mass is 19.1. The van der Waals surface area contributed by atoms with Gasteiger partial charge in [-0.15, -0.1) is 0 Å². The largest absolute Gasteiger partial charge is 0.268 e. The molecule has 0 saturated carbocycles. The Labute approximate surface area is 107 Å². The van der Waals surface area contributed by atoms with Crippen molar-refractivity contribution in [3.8, 4) is 0 Å². The second-order valence-corrected chi connectivity index (χ2v) is 4.03. The minimum atomic E-state index is -0.760. The zero-order valence-corrected chi connectivity index (χ0v) is 9.68. The molecule has 0 N–H and O–H groups in total. The average Bonchev–Trinajstić information content (AvgIpc) is 2.84. The fraction of sp³-hybridized carbons (Fsp3) is 0. The number of hydrogen-bond acceptors (Lipinski definition) is 2. The zero-order valence-electron chi connectivity index (χ0n) is 9.68. The van der Waals surface area contributed by atoms with Crippen LogP contribution in [-0.2, 0) is 0 Å². The molecular weight excluding hydrogens is 250 g/mol. The van der Waals surface area contributed by atoms with Gasteiger partial charge in [-0.1, -0.05) is 12.1 Å². The third-order valence-electron chi connectivity index (χ3n) is 2.83. The van der Waals surface area contributed by atoms with Crippen LogP contribution in [0.2, 0.25) is 0 Å². The van der Waals surface area contributed by atoms with Crippen LogP contribution in [0.5, 0.6) is 0 Å². The second kappa shape index (κ2) is 4.28. The van der Waals surface area contributed by atoms with Crippen LogP contribution >= 0.6 is 0 Å². The van der Waals surface area contributed by atoms with Crippen molar-refractivity contribution < 1.29 is 13.6 Å². The zero-order chi connectivity index (χ0) is 13.4. The normalized spacial score (nSPS) is 10.8. The van der Waals surface area contributed by atoms with Crippen molar-refractivity contribution in [2.24, 2.45) is 0 Å². The van der Waals surface area contributed by atoms with E-state index in [1.54, 1.807) is 24.3 Å². The molecule has 0 atom stereocenters. The third-order valence-corrected chi connectivity index (χ3v) is 2.83. The number of carbonyl (C=O) groups excluding carboxylic acids is 1. The Bertz CT molecular complexity index is 780. The van der Waals surface area contributed by atoms with Crippen LogP contribution in [0.4, 0.5) is 8.78 Å². The van der Waals surface area contributed by atoms with Gasteiger partial charge in [-0.05, 0) is 30.3 Å². The number of rotatable bonds is 1. The molecule has 3 rings (SSSR count). The molecule has 0 aliphatic heterocycles. The predicted octanol–water partition coefficient (Wildman–Crippen LogP) is 3.00. The molecule has 0 amide bonds. The summed E-state index contributed by atoms with van der Waals surface area (Å²) in [6.07, 6.45) is 1.30. The van der Waals surface area contributed by atoms with Gasteiger partial charge in [0.15, 0.2) is 0 Å². The molecule has 0 unspecified atom stereocenters. The highest BCUT2D eigenvalue weighted by Crippen LogP contribution is 2.16. The molecule has 0 aliphatic carbocycles. The van der Waals surface area contributed by atoms with Gasteiger partial charge in [-0.25, -0.2) is 13.8 Å². The number of fused-ring (bicyclic) bond motifs is 1. The van der Waals surface area contributed by atoms with E-state index in [4.69, 9.17) is 0 Å². The fourth-order valence-corrected chi connectivity index (χ4v) is 1.91. The van der Waals surface area contributed by atoms with E-state index >= 15 is 0 Å². The van der Waals surface area contributed by atoms with E-state index in [-0.39, 0.29) is 5.56 Å². The van der Waals surface area contributed by atoms with E-state index in [9.17, 15) is 13.6 Å². The number of nitrogens with zero attached hydrogens (tertiary/aromatic N) is 2. The fourth-order valence-electron chi connectivity index (χ4n) is 1.91. The minimum absolute atomic E-state index is 0.317. The molecule has 0 fully saturated rings. The molecule has 1 heterocycles. The third kappa shape index (κ3) is 1.89. The number of para-hydroxylation sites is 2. The smallest absolute Gasteiger partial charge is 0.266 e. The van der Waals surface area contributed by atoms with Gasteiger partial charge in [0.05, 0.1) is 16.6 Å². The molecule has 3 nitrogen and oxygen atoms in total. The average molecular weight is 258 g/mol. The van der Waals surface area contributed by atoms with E-state index in [1.165, 1.54) is 10.9 Å². The summed E-state index contributed by atoms with van der Waals surface area (Å²) in [5, 5.41) is 0. The summed E-state index contributed by atoms with van der Waals surface area (Å²) in [4.78, 5) is 16.3. The molecule has 2 aromatic carbocycles. The van der Waals surface area contributed by atoms with Crippen LogP contribution in [0.3, 0.4) is 0 Å². The highest BCUT2D eigenvalue weighted by molar-refractivity contribution is 6.01. The molecule has 0 aliphatic rings. The Kier molecular flexibility index (Phi) is 2.59. The lowest BCUT2D eigenvalue weighted by atomic mass is 10.2. The topological polar surface area (TPSA) is 34.9 Å². The Hall–Kier alpha value is -2.56. The first-order valence-corrected chi connectivity index (χ1v) is 5.58. The summed E-state index contributed by atoms with van der Waals surface area (Å²) in [5.41, 5.74) is 0.854. The van der Waals surface area contributed by atoms with Gasteiger partial charge in [0.25, 0.3) is 5.91 Å². The summed E-state index contributed by atoms with van der Waals surface area (Å²) in [7, 11) is 0. The molecule has 3 aromatic rings. The lowest BCUT2D eigenvalue weighted by Crippen LogP contribution is -2.13. The molecule has 5 heteroatoms. The van der Waals surface area contributed by atoms with Crippen LogP contribution < -0.4 is 0 Å². The summed E-state index contributed by atoms with van der Waals surface area (Å²) in [6.45, 7) is 0. The standard InChI is InChI=1S/C14H8F2N2O/c15-9-5-6-11(16)10(7-9)14(19)18-8-17-12-3-1-2-4-13(12)18/h1-8H. The minimum Gasteiger partial charge on any atom is -0.268 e. The number of halogens is 2. The van der Waals surface area contributed by atoms with Gasteiger partial charge in [0, 0.05) is 0 Å². The van der Waals surface area contributed by atoms with Crippen molar-refractivity contribution in [3.05, 3.63) is 66.0 Å². The maximum absolute atomic E-state index is 13.6. The first-order chi connectivity index (χ1) is 9.16. The molecule has 19 heavy (non-hydrogen) atoms. The predicted molar refractivity (Wildman–Crippen MR) is 65.8 cm³/mol. The van der Waals surface area contributed by atoms with E-state index in [1.807, 2.05) is 0 Å². The molecule has 0 bridgehead atoms. The Balaban J connectivity index is 2.16. The lowest BCUT2D eigenvalue weighted by Gasteiger charge is -2.04. The lowest BCUT2D eigenvalue weighted by molar-refractivity contribution is 0.0960. The van der Waals surface area contributed by atoms with Gasteiger partial charge >= 0.3 is 0 Å². The van der Waals surface area contributed by atoms with Crippen LogP contribution in [0.15, 0.2) is 48.8 Å². The van der Waals surface area contributed by atoms with Crippen molar-refractivity contribution in [2.45, 2.75) is 0 Å². The number of carbonyl (C=O) groups is 1. The van der Waals surface area contributed by atoms with Crippen molar-refractivity contribution in [2.75, 3.05) is 0 Å². The molecule has 94 valence electrons. The quantitative estimate of drug-likeness (QED) is 0.672. The number of aromatic nitrogens is 2. The van der Waals surface area contributed by atoms with E-state index in [0.29, 0.717) is 11.0 Å². The molecule has 0 radical (unpaired) electrons. The highest BCUT2D eigenvalue weighted by Gasteiger charge is 2.16. The maximum Gasteiger partial charge on any atom is 0.266 e. The maximum atomic E-state index is 13.6. The summed E-state index contributed by atoms with van der Waals surface area (Å²) in [5.74, 6) is -2.07. The monoisotopic (exact) mass is 258 g/mol. The van der Waals surface area contributed by atoms with Crippen molar-refractivity contribution in [1.29, 1.82) is 0 Å². The van der Waals surface area contributed by atoms with Crippen LogP contribution in [0.25, 0.3) is 11.0 Å². The Morgan fingerprint density at radius 1 is 1.11 bits per heavy atom. The number of benzene rings is 2. The van der Waals surface area contributed by atoms with Crippen LogP contribution in [-0.4, -0.2) is 15.5 Å².